The molecule has 2 aromatic rings. The van der Waals surface area contributed by atoms with Crippen molar-refractivity contribution in [1.82, 2.24) is 0 Å². The largest absolute Gasteiger partial charge is 0.489 e. The predicted octanol–water partition coefficient (Wildman–Crippen LogP) is 3.73. The quantitative estimate of drug-likeness (QED) is 0.657. The maximum atomic E-state index is 7.30. The van der Waals surface area contributed by atoms with Gasteiger partial charge in [-0.25, -0.2) is 0 Å². The molecule has 0 saturated carbocycles. The van der Waals surface area contributed by atoms with Gasteiger partial charge in [0.25, 0.3) is 0 Å². The number of benzene rings is 2. The molecule has 0 heterocycles. The lowest BCUT2D eigenvalue weighted by atomic mass is 10.2. The van der Waals surface area contributed by atoms with Crippen molar-refractivity contribution in [3.05, 3.63) is 64.1 Å². The summed E-state index contributed by atoms with van der Waals surface area (Å²) in [6, 6.07) is 15.1. The van der Waals surface area contributed by atoms with Crippen LogP contribution in [0.4, 0.5) is 0 Å². The summed E-state index contributed by atoms with van der Waals surface area (Å²) in [4.78, 5) is 0. The fourth-order valence-electron chi connectivity index (χ4n) is 1.51. The molecule has 19 heavy (non-hydrogen) atoms. The second-order valence-corrected chi connectivity index (χ2v) is 4.67. The van der Waals surface area contributed by atoms with E-state index < -0.39 is 0 Å². The summed E-state index contributed by atoms with van der Waals surface area (Å²) in [5.74, 6) is 0.822. The monoisotopic (exact) mass is 340 g/mol. The molecule has 0 unspecified atom stereocenters. The van der Waals surface area contributed by atoms with Gasteiger partial charge >= 0.3 is 0 Å². The van der Waals surface area contributed by atoms with Crippen molar-refractivity contribution >= 4 is 34.2 Å². The molecule has 0 spiro atoms. The second-order valence-electron chi connectivity index (χ2n) is 3.82. The molecule has 0 aromatic heterocycles. The van der Waals surface area contributed by atoms with E-state index in [2.05, 4.69) is 15.9 Å². The molecular weight excluding hydrogens is 328 g/mol. The zero-order valence-electron chi connectivity index (χ0n) is 10.1. The average Bonchev–Trinajstić information content (AvgIpc) is 2.38. The third-order valence-electron chi connectivity index (χ3n) is 2.52. The van der Waals surface area contributed by atoms with E-state index in [9.17, 15) is 0 Å². The highest BCUT2D eigenvalue weighted by Gasteiger charge is 2.01. The van der Waals surface area contributed by atoms with Crippen molar-refractivity contribution in [3.8, 4) is 5.75 Å². The first-order valence-corrected chi connectivity index (χ1v) is 6.27. The standard InChI is InChI=1S/C14H13BrN2O.ClH/c15-13-4-2-1-3-11(13)9-18-12-7-5-10(6-8-12)14(16)17;/h1-8H,9H2,(H3,16,17);1H. The van der Waals surface area contributed by atoms with Gasteiger partial charge in [0.2, 0.25) is 0 Å². The van der Waals surface area contributed by atoms with E-state index >= 15 is 0 Å². The maximum absolute atomic E-state index is 7.30. The summed E-state index contributed by atoms with van der Waals surface area (Å²) in [7, 11) is 0. The van der Waals surface area contributed by atoms with Crippen LogP contribution in [-0.4, -0.2) is 5.84 Å². The summed E-state index contributed by atoms with van der Waals surface area (Å²) >= 11 is 3.48. The van der Waals surface area contributed by atoms with E-state index in [1.165, 1.54) is 0 Å². The molecule has 0 aliphatic rings. The van der Waals surface area contributed by atoms with Crippen LogP contribution in [0.3, 0.4) is 0 Å². The van der Waals surface area contributed by atoms with Crippen molar-refractivity contribution in [2.45, 2.75) is 6.61 Å². The zero-order chi connectivity index (χ0) is 13.0. The molecule has 0 aliphatic carbocycles. The summed E-state index contributed by atoms with van der Waals surface area (Å²) in [5.41, 5.74) is 7.17. The van der Waals surface area contributed by atoms with Gasteiger partial charge in [-0.15, -0.1) is 12.4 Å². The Kier molecular flexibility index (Phi) is 5.86. The van der Waals surface area contributed by atoms with Crippen LogP contribution < -0.4 is 10.5 Å². The second kappa shape index (κ2) is 7.16. The van der Waals surface area contributed by atoms with Crippen LogP contribution in [0.15, 0.2) is 53.0 Å². The molecule has 0 aliphatic heterocycles. The van der Waals surface area contributed by atoms with E-state index in [0.717, 1.165) is 15.8 Å². The predicted molar refractivity (Wildman–Crippen MR) is 83.2 cm³/mol. The smallest absolute Gasteiger partial charge is 0.122 e. The fourth-order valence-corrected chi connectivity index (χ4v) is 1.91. The molecule has 3 N–H and O–H groups in total. The third-order valence-corrected chi connectivity index (χ3v) is 3.29. The average molecular weight is 342 g/mol. The lowest BCUT2D eigenvalue weighted by Gasteiger charge is -2.08. The molecular formula is C14H14BrClN2O. The third kappa shape index (κ3) is 4.26. The molecule has 3 nitrogen and oxygen atoms in total. The van der Waals surface area contributed by atoms with E-state index in [1.807, 2.05) is 36.4 Å². The summed E-state index contributed by atoms with van der Waals surface area (Å²) in [5, 5.41) is 7.30. The molecule has 100 valence electrons. The van der Waals surface area contributed by atoms with Gasteiger partial charge in [0, 0.05) is 15.6 Å². The first-order chi connectivity index (χ1) is 8.66. The van der Waals surface area contributed by atoms with Gasteiger partial charge in [-0.3, -0.25) is 5.41 Å². The Morgan fingerprint density at radius 3 is 2.32 bits per heavy atom. The van der Waals surface area contributed by atoms with Crippen LogP contribution in [0.2, 0.25) is 0 Å². The highest BCUT2D eigenvalue weighted by Crippen LogP contribution is 2.19. The number of hydrogen-bond donors (Lipinski definition) is 2. The zero-order valence-corrected chi connectivity index (χ0v) is 12.5. The normalized spacial score (nSPS) is 9.53. The Morgan fingerprint density at radius 1 is 1.11 bits per heavy atom. The van der Waals surface area contributed by atoms with Crippen molar-refractivity contribution in [2.24, 2.45) is 5.73 Å². The van der Waals surface area contributed by atoms with Gasteiger partial charge in [0.1, 0.15) is 18.2 Å². The highest BCUT2D eigenvalue weighted by atomic mass is 79.9. The molecule has 0 fully saturated rings. The highest BCUT2D eigenvalue weighted by molar-refractivity contribution is 9.10. The summed E-state index contributed by atoms with van der Waals surface area (Å²) in [6.45, 7) is 0.501. The number of halogens is 2. The Balaban J connectivity index is 0.00000180. The van der Waals surface area contributed by atoms with Gasteiger partial charge in [0.15, 0.2) is 0 Å². The number of nitrogen functional groups attached to an aromatic ring is 1. The Bertz CT molecular complexity index is 558. The lowest BCUT2D eigenvalue weighted by molar-refractivity contribution is 0.305. The van der Waals surface area contributed by atoms with Gasteiger partial charge < -0.3 is 10.5 Å². The summed E-state index contributed by atoms with van der Waals surface area (Å²) in [6.07, 6.45) is 0. The fraction of sp³-hybridized carbons (Fsp3) is 0.0714. The first kappa shape index (κ1) is 15.5. The van der Waals surface area contributed by atoms with E-state index in [4.69, 9.17) is 15.9 Å². The Hall–Kier alpha value is -1.52. The maximum Gasteiger partial charge on any atom is 0.122 e. The van der Waals surface area contributed by atoms with Gasteiger partial charge in [0.05, 0.1) is 0 Å². The molecule has 0 radical (unpaired) electrons. The minimum absolute atomic E-state index is 0. The minimum atomic E-state index is 0. The van der Waals surface area contributed by atoms with Crippen molar-refractivity contribution in [2.75, 3.05) is 0 Å². The van der Waals surface area contributed by atoms with E-state index in [1.54, 1.807) is 12.1 Å². The SMILES string of the molecule is Cl.N=C(N)c1ccc(OCc2ccccc2Br)cc1. The van der Waals surface area contributed by atoms with Crippen LogP contribution in [0.25, 0.3) is 0 Å². The summed E-state index contributed by atoms with van der Waals surface area (Å²) < 4.78 is 6.70. The molecule has 0 bridgehead atoms. The molecule has 0 amide bonds. The molecule has 0 atom stereocenters. The minimum Gasteiger partial charge on any atom is -0.489 e. The lowest BCUT2D eigenvalue weighted by Crippen LogP contribution is -2.10. The first-order valence-electron chi connectivity index (χ1n) is 5.47. The number of nitrogens with two attached hydrogens (primary N) is 1. The molecule has 2 aromatic carbocycles. The number of rotatable bonds is 4. The molecule has 5 heteroatoms. The van der Waals surface area contributed by atoms with Crippen LogP contribution in [-0.2, 0) is 6.61 Å². The van der Waals surface area contributed by atoms with Crippen LogP contribution in [0.1, 0.15) is 11.1 Å². The van der Waals surface area contributed by atoms with Crippen LogP contribution >= 0.6 is 28.3 Å². The number of nitrogens with one attached hydrogen (secondary N) is 1. The van der Waals surface area contributed by atoms with Gasteiger partial charge in [-0.2, -0.15) is 0 Å². The number of ether oxygens (including phenoxy) is 1. The van der Waals surface area contributed by atoms with Gasteiger partial charge in [-0.1, -0.05) is 34.1 Å². The van der Waals surface area contributed by atoms with Crippen molar-refractivity contribution in [1.29, 1.82) is 5.41 Å². The molecule has 2 rings (SSSR count). The van der Waals surface area contributed by atoms with Crippen molar-refractivity contribution in [3.63, 3.8) is 0 Å². The van der Waals surface area contributed by atoms with E-state index in [0.29, 0.717) is 12.2 Å². The molecule has 0 saturated heterocycles. The van der Waals surface area contributed by atoms with Crippen LogP contribution in [0, 0.1) is 5.41 Å². The number of hydrogen-bond acceptors (Lipinski definition) is 2. The van der Waals surface area contributed by atoms with E-state index in [-0.39, 0.29) is 18.2 Å². The Labute approximate surface area is 126 Å². The van der Waals surface area contributed by atoms with Crippen molar-refractivity contribution < 1.29 is 4.74 Å². The van der Waals surface area contributed by atoms with Crippen LogP contribution in [0.5, 0.6) is 5.75 Å². The van der Waals surface area contributed by atoms with Gasteiger partial charge in [-0.05, 0) is 30.3 Å². The number of amidine groups is 1. The Morgan fingerprint density at radius 2 is 1.74 bits per heavy atom. The topological polar surface area (TPSA) is 59.1 Å².